The van der Waals surface area contributed by atoms with Crippen LogP contribution in [-0.2, 0) is 16.5 Å². The lowest BCUT2D eigenvalue weighted by Gasteiger charge is -2.21. The van der Waals surface area contributed by atoms with Crippen LogP contribution in [0.2, 0.25) is 0 Å². The van der Waals surface area contributed by atoms with E-state index in [1.165, 1.54) is 0 Å². The molecule has 1 aliphatic heterocycles. The normalized spacial score (nSPS) is 23.7. The minimum absolute atomic E-state index is 0.450. The van der Waals surface area contributed by atoms with Gasteiger partial charge in [-0.1, -0.05) is 15.9 Å². The van der Waals surface area contributed by atoms with Crippen LogP contribution in [0.1, 0.15) is 12.5 Å². The second-order valence-electron chi connectivity index (χ2n) is 3.34. The summed E-state index contributed by atoms with van der Waals surface area (Å²) in [5, 5.41) is -0.468. The first-order valence-electron chi connectivity index (χ1n) is 4.21. The molecule has 3 nitrogen and oxygen atoms in total. The summed E-state index contributed by atoms with van der Waals surface area (Å²) in [5.74, 6) is 0.450. The summed E-state index contributed by atoms with van der Waals surface area (Å²) in [5.41, 5.74) is 0.932. The Hall–Kier alpha value is -0.550. The Morgan fingerprint density at radius 2 is 2.21 bits per heavy atom. The average Bonchev–Trinajstić information content (AvgIpc) is 2.08. The highest BCUT2D eigenvalue weighted by atomic mass is 79.9. The van der Waals surface area contributed by atoms with E-state index in [1.807, 2.05) is 6.07 Å². The molecule has 0 aromatic heterocycles. The molecule has 5 heteroatoms. The highest BCUT2D eigenvalue weighted by Crippen LogP contribution is 2.31. The van der Waals surface area contributed by atoms with E-state index in [-0.39, 0.29) is 0 Å². The van der Waals surface area contributed by atoms with E-state index in [0.29, 0.717) is 12.2 Å². The zero-order chi connectivity index (χ0) is 10.3. The van der Waals surface area contributed by atoms with Crippen LogP contribution in [0.15, 0.2) is 22.7 Å². The van der Waals surface area contributed by atoms with E-state index < -0.39 is 15.4 Å². The molecule has 1 heterocycles. The molecule has 0 fully saturated rings. The molecule has 0 saturated heterocycles. The van der Waals surface area contributed by atoms with Crippen molar-refractivity contribution in [1.29, 1.82) is 0 Å². The van der Waals surface area contributed by atoms with Gasteiger partial charge in [0.1, 0.15) is 5.75 Å². The van der Waals surface area contributed by atoms with Gasteiger partial charge in [0.05, 0.1) is 5.25 Å². The third-order valence-electron chi connectivity index (χ3n) is 2.23. The lowest BCUT2D eigenvalue weighted by Crippen LogP contribution is -2.29. The third-order valence-corrected chi connectivity index (χ3v) is 4.29. The van der Waals surface area contributed by atoms with Crippen molar-refractivity contribution >= 4 is 26.0 Å². The van der Waals surface area contributed by atoms with Crippen molar-refractivity contribution < 1.29 is 12.6 Å². The Kier molecular flexibility index (Phi) is 2.31. The zero-order valence-corrected chi connectivity index (χ0v) is 9.93. The molecule has 2 rings (SSSR count). The van der Waals surface area contributed by atoms with Gasteiger partial charge in [0, 0.05) is 4.47 Å². The van der Waals surface area contributed by atoms with Gasteiger partial charge in [-0.25, -0.2) is 0 Å². The van der Waals surface area contributed by atoms with Gasteiger partial charge in [0.2, 0.25) is 0 Å². The molecule has 0 amide bonds. The first kappa shape index (κ1) is 9.98. The summed E-state index contributed by atoms with van der Waals surface area (Å²) in [6.45, 7) is 1.65. The smallest absolute Gasteiger partial charge is 0.312 e. The molecule has 1 aromatic carbocycles. The molecule has 0 spiro atoms. The van der Waals surface area contributed by atoms with Gasteiger partial charge in [-0.2, -0.15) is 8.42 Å². The zero-order valence-electron chi connectivity index (χ0n) is 7.53. The molecule has 0 radical (unpaired) electrons. The Morgan fingerprint density at radius 1 is 1.50 bits per heavy atom. The van der Waals surface area contributed by atoms with Gasteiger partial charge in [-0.3, -0.25) is 0 Å². The quantitative estimate of drug-likeness (QED) is 0.682. The van der Waals surface area contributed by atoms with Crippen LogP contribution in [0.5, 0.6) is 5.75 Å². The van der Waals surface area contributed by atoms with Crippen molar-refractivity contribution in [2.45, 2.75) is 18.6 Å². The van der Waals surface area contributed by atoms with Crippen molar-refractivity contribution in [3.8, 4) is 5.75 Å². The van der Waals surface area contributed by atoms with Crippen molar-refractivity contribution in [1.82, 2.24) is 0 Å². The van der Waals surface area contributed by atoms with E-state index in [2.05, 4.69) is 15.9 Å². The SMILES string of the molecule is CC1Cc2cc(Br)ccc2OS1(=O)=O. The Balaban J connectivity index is 2.51. The number of fused-ring (bicyclic) bond motifs is 1. The summed E-state index contributed by atoms with van der Waals surface area (Å²) < 4.78 is 28.7. The van der Waals surface area contributed by atoms with Crippen molar-refractivity contribution in [3.05, 3.63) is 28.2 Å². The Labute approximate surface area is 91.3 Å². The van der Waals surface area contributed by atoms with E-state index in [9.17, 15) is 8.42 Å². The summed E-state index contributed by atoms with van der Waals surface area (Å²) in [7, 11) is -3.40. The minimum atomic E-state index is -3.40. The van der Waals surface area contributed by atoms with Gasteiger partial charge < -0.3 is 4.18 Å². The highest BCUT2D eigenvalue weighted by molar-refractivity contribution is 9.10. The number of hydrogen-bond acceptors (Lipinski definition) is 3. The number of benzene rings is 1. The second-order valence-corrected chi connectivity index (χ2v) is 6.22. The number of rotatable bonds is 0. The minimum Gasteiger partial charge on any atom is -0.382 e. The van der Waals surface area contributed by atoms with E-state index >= 15 is 0 Å². The highest BCUT2D eigenvalue weighted by Gasteiger charge is 2.30. The molecule has 1 atom stereocenters. The molecule has 0 bridgehead atoms. The number of hydrogen-bond donors (Lipinski definition) is 0. The first-order valence-corrected chi connectivity index (χ1v) is 6.47. The summed E-state index contributed by atoms with van der Waals surface area (Å²) in [6.07, 6.45) is 0.511. The van der Waals surface area contributed by atoms with Crippen LogP contribution in [-0.4, -0.2) is 13.7 Å². The largest absolute Gasteiger partial charge is 0.382 e. The van der Waals surface area contributed by atoms with Crippen molar-refractivity contribution in [2.24, 2.45) is 0 Å². The topological polar surface area (TPSA) is 43.4 Å². The molecule has 0 N–H and O–H groups in total. The van der Waals surface area contributed by atoms with E-state index in [0.717, 1.165) is 10.0 Å². The molecule has 76 valence electrons. The maximum atomic E-state index is 11.4. The molecule has 1 aliphatic rings. The van der Waals surface area contributed by atoms with Crippen molar-refractivity contribution in [3.63, 3.8) is 0 Å². The van der Waals surface area contributed by atoms with Crippen LogP contribution in [0.3, 0.4) is 0 Å². The number of halogens is 1. The molecule has 0 aliphatic carbocycles. The summed E-state index contributed by atoms with van der Waals surface area (Å²) >= 11 is 3.33. The predicted molar refractivity (Wildman–Crippen MR) is 56.9 cm³/mol. The van der Waals surface area contributed by atoms with Crippen LogP contribution >= 0.6 is 15.9 Å². The first-order chi connectivity index (χ1) is 6.49. The van der Waals surface area contributed by atoms with Crippen molar-refractivity contribution in [2.75, 3.05) is 0 Å². The molecular weight excluding hydrogens is 268 g/mol. The molecule has 1 aromatic rings. The molecule has 0 saturated carbocycles. The lowest BCUT2D eigenvalue weighted by atomic mass is 10.1. The van der Waals surface area contributed by atoms with Gasteiger partial charge in [0.25, 0.3) is 0 Å². The third kappa shape index (κ3) is 1.66. The maximum Gasteiger partial charge on any atom is 0.312 e. The van der Waals surface area contributed by atoms with Crippen LogP contribution in [0.4, 0.5) is 0 Å². The van der Waals surface area contributed by atoms with Crippen LogP contribution in [0.25, 0.3) is 0 Å². The summed E-state index contributed by atoms with van der Waals surface area (Å²) in [6, 6.07) is 5.33. The van der Waals surface area contributed by atoms with Gasteiger partial charge in [0.15, 0.2) is 0 Å². The standard InChI is InChI=1S/C9H9BrO3S/c1-6-4-7-5-8(10)2-3-9(7)13-14(6,11)12/h2-3,5-6H,4H2,1H3. The maximum absolute atomic E-state index is 11.4. The summed E-state index contributed by atoms with van der Waals surface area (Å²) in [4.78, 5) is 0. The second kappa shape index (κ2) is 3.24. The van der Waals surface area contributed by atoms with E-state index in [1.54, 1.807) is 19.1 Å². The average molecular weight is 277 g/mol. The van der Waals surface area contributed by atoms with Gasteiger partial charge >= 0.3 is 10.1 Å². The van der Waals surface area contributed by atoms with Gasteiger partial charge in [-0.15, -0.1) is 0 Å². The fourth-order valence-electron chi connectivity index (χ4n) is 1.41. The van der Waals surface area contributed by atoms with Crippen LogP contribution in [0, 0.1) is 0 Å². The van der Waals surface area contributed by atoms with Gasteiger partial charge in [-0.05, 0) is 37.1 Å². The Bertz CT molecular complexity index is 467. The molecule has 14 heavy (non-hydrogen) atoms. The Morgan fingerprint density at radius 3 is 2.93 bits per heavy atom. The van der Waals surface area contributed by atoms with E-state index in [4.69, 9.17) is 4.18 Å². The molecule has 1 unspecified atom stereocenters. The lowest BCUT2D eigenvalue weighted by molar-refractivity contribution is 0.456. The molecular formula is C9H9BrO3S. The fourth-order valence-corrected chi connectivity index (χ4v) is 2.78. The monoisotopic (exact) mass is 276 g/mol. The fraction of sp³-hybridized carbons (Fsp3) is 0.333. The predicted octanol–water partition coefficient (Wildman–Crippen LogP) is 2.10. The van der Waals surface area contributed by atoms with Crippen LogP contribution < -0.4 is 4.18 Å².